The monoisotopic (exact) mass is 371 g/mol. The first kappa shape index (κ1) is 17.5. The van der Waals surface area contributed by atoms with Gasteiger partial charge in [0.05, 0.1) is 29.5 Å². The van der Waals surface area contributed by atoms with Gasteiger partial charge in [-0.15, -0.1) is 9.80 Å². The Balaban J connectivity index is 1.58. The van der Waals surface area contributed by atoms with Crippen molar-refractivity contribution in [3.63, 3.8) is 0 Å². The molecule has 0 aliphatic heterocycles. The molecule has 4 aromatic rings. The molecule has 1 aromatic heterocycles. The summed E-state index contributed by atoms with van der Waals surface area (Å²) in [4.78, 5) is 0. The third kappa shape index (κ3) is 3.50. The highest BCUT2D eigenvalue weighted by atomic mass is 16.3. The minimum atomic E-state index is 0.0892. The summed E-state index contributed by atoms with van der Waals surface area (Å²) in [6.07, 6.45) is 1.97. The van der Waals surface area contributed by atoms with E-state index in [1.807, 2.05) is 90.3 Å². The van der Waals surface area contributed by atoms with Gasteiger partial charge in [-0.1, -0.05) is 18.2 Å². The average Bonchev–Trinajstić information content (AvgIpc) is 3.01. The van der Waals surface area contributed by atoms with E-state index in [-0.39, 0.29) is 5.75 Å². The number of rotatable bonds is 4. The van der Waals surface area contributed by atoms with Gasteiger partial charge in [0.25, 0.3) is 0 Å². The third-order valence-electron chi connectivity index (χ3n) is 4.44. The second-order valence-corrected chi connectivity index (χ2v) is 6.35. The molecule has 0 radical (unpaired) electrons. The fourth-order valence-electron chi connectivity index (χ4n) is 2.88. The number of aromatic hydroxyl groups is 1. The molecule has 0 aliphatic carbocycles. The van der Waals surface area contributed by atoms with Crippen molar-refractivity contribution in [2.45, 2.75) is 0 Å². The van der Waals surface area contributed by atoms with Gasteiger partial charge in [-0.2, -0.15) is 20.0 Å². The summed E-state index contributed by atoms with van der Waals surface area (Å²) in [6.45, 7) is 0. The van der Waals surface area contributed by atoms with Crippen molar-refractivity contribution in [2.75, 3.05) is 0 Å². The first-order valence-corrected chi connectivity index (χ1v) is 8.78. The van der Waals surface area contributed by atoms with Crippen molar-refractivity contribution in [1.82, 2.24) is 4.68 Å². The summed E-state index contributed by atoms with van der Waals surface area (Å²) in [5, 5.41) is 28.2. The lowest BCUT2D eigenvalue weighted by atomic mass is 10.2. The van der Waals surface area contributed by atoms with Gasteiger partial charge in [-0.3, -0.25) is 0 Å². The lowest BCUT2D eigenvalue weighted by Gasteiger charge is -2.00. The van der Waals surface area contributed by atoms with Crippen molar-refractivity contribution in [3.05, 3.63) is 72.9 Å². The van der Waals surface area contributed by atoms with Gasteiger partial charge in [0.15, 0.2) is 12.7 Å². The Morgan fingerprint density at radius 3 is 1.96 bits per heavy atom. The van der Waals surface area contributed by atoms with Crippen LogP contribution in [0, 0.1) is 0 Å². The van der Waals surface area contributed by atoms with Crippen molar-refractivity contribution in [1.29, 1.82) is 0 Å². The molecule has 0 saturated carbocycles. The smallest absolute Gasteiger partial charge is 0.203 e. The minimum Gasteiger partial charge on any atom is -0.506 e. The van der Waals surface area contributed by atoms with Crippen LogP contribution in [0.15, 0.2) is 93.4 Å². The van der Waals surface area contributed by atoms with E-state index in [1.54, 1.807) is 6.07 Å². The largest absolute Gasteiger partial charge is 0.506 e. The predicted octanol–water partition coefficient (Wildman–Crippen LogP) is 5.54. The average molecular weight is 371 g/mol. The lowest BCUT2D eigenvalue weighted by molar-refractivity contribution is -0.748. The van der Waals surface area contributed by atoms with E-state index in [9.17, 15) is 5.11 Å². The van der Waals surface area contributed by atoms with E-state index in [0.29, 0.717) is 11.4 Å². The van der Waals surface area contributed by atoms with E-state index in [4.69, 9.17) is 0 Å². The fourth-order valence-corrected chi connectivity index (χ4v) is 2.88. The van der Waals surface area contributed by atoms with E-state index in [0.717, 1.165) is 22.3 Å². The highest BCUT2D eigenvalue weighted by molar-refractivity contribution is 5.91. The molecule has 138 valence electrons. The molecule has 1 heterocycles. The maximum absolute atomic E-state index is 10.2. The fraction of sp³-hybridized carbons (Fsp3) is 0.0952. The van der Waals surface area contributed by atoms with Crippen LogP contribution in [0.2, 0.25) is 0 Å². The molecule has 0 spiro atoms. The molecule has 3 aromatic carbocycles. The second kappa shape index (κ2) is 7.40. The van der Waals surface area contributed by atoms with Crippen LogP contribution in [-0.4, -0.2) is 9.79 Å². The number of aromatic nitrogens is 2. The highest BCUT2D eigenvalue weighted by Crippen LogP contribution is 2.35. The standard InChI is InChI=1S/C21H18N6O/c1-26-14-15-8-13-19(28)20(21(15)27(26)2)25-24-18-11-9-17(10-12-18)23-22-16-6-4-3-5-7-16/h3-14H,1-2H3/p+1. The van der Waals surface area contributed by atoms with Gasteiger partial charge in [-0.05, 0) is 48.5 Å². The van der Waals surface area contributed by atoms with E-state index in [2.05, 4.69) is 20.5 Å². The van der Waals surface area contributed by atoms with Crippen molar-refractivity contribution < 1.29 is 9.79 Å². The normalized spacial score (nSPS) is 11.8. The van der Waals surface area contributed by atoms with Gasteiger partial charge in [0.2, 0.25) is 6.20 Å². The molecule has 7 heteroatoms. The minimum absolute atomic E-state index is 0.0892. The molecule has 7 nitrogen and oxygen atoms in total. The van der Waals surface area contributed by atoms with Crippen LogP contribution >= 0.6 is 0 Å². The number of azo groups is 2. The van der Waals surface area contributed by atoms with Gasteiger partial charge in [0.1, 0.15) is 11.3 Å². The zero-order valence-electron chi connectivity index (χ0n) is 15.6. The number of phenolic OH excluding ortho intramolecular Hbond substituents is 1. The van der Waals surface area contributed by atoms with Crippen molar-refractivity contribution in [2.24, 2.45) is 34.6 Å². The number of hydrogen-bond donors (Lipinski definition) is 1. The number of aryl methyl sites for hydroxylation is 2. The zero-order chi connectivity index (χ0) is 19.5. The number of hydrogen-bond acceptors (Lipinski definition) is 5. The zero-order valence-corrected chi connectivity index (χ0v) is 15.6. The Bertz CT molecular complexity index is 1180. The van der Waals surface area contributed by atoms with Gasteiger partial charge >= 0.3 is 0 Å². The Morgan fingerprint density at radius 2 is 1.32 bits per heavy atom. The molecule has 0 atom stereocenters. The van der Waals surface area contributed by atoms with Crippen LogP contribution in [0.25, 0.3) is 10.9 Å². The SMILES string of the molecule is Cn1c2c(N=Nc3ccc(N=Nc4ccccc4)cc3)c(O)ccc2c[n+]1C. The Labute approximate surface area is 161 Å². The second-order valence-electron chi connectivity index (χ2n) is 6.35. The summed E-state index contributed by atoms with van der Waals surface area (Å²) in [7, 11) is 3.84. The maximum atomic E-state index is 10.2. The summed E-state index contributed by atoms with van der Waals surface area (Å²) < 4.78 is 3.84. The van der Waals surface area contributed by atoms with Crippen LogP contribution in [-0.2, 0) is 14.1 Å². The molecule has 0 unspecified atom stereocenters. The highest BCUT2D eigenvalue weighted by Gasteiger charge is 2.16. The molecule has 0 amide bonds. The molecule has 0 bridgehead atoms. The Kier molecular flexibility index (Phi) is 4.63. The van der Waals surface area contributed by atoms with Gasteiger partial charge in [-0.25, -0.2) is 0 Å². The summed E-state index contributed by atoms with van der Waals surface area (Å²) in [6, 6.07) is 20.3. The topological polar surface area (TPSA) is 78.5 Å². The summed E-state index contributed by atoms with van der Waals surface area (Å²) >= 11 is 0. The van der Waals surface area contributed by atoms with Crippen LogP contribution in [0.3, 0.4) is 0 Å². The van der Waals surface area contributed by atoms with Crippen LogP contribution in [0.4, 0.5) is 22.7 Å². The van der Waals surface area contributed by atoms with Crippen molar-refractivity contribution >= 4 is 33.7 Å². The van der Waals surface area contributed by atoms with Crippen LogP contribution in [0.5, 0.6) is 5.75 Å². The predicted molar refractivity (Wildman–Crippen MR) is 107 cm³/mol. The first-order valence-electron chi connectivity index (χ1n) is 8.78. The van der Waals surface area contributed by atoms with Crippen LogP contribution in [0.1, 0.15) is 0 Å². The van der Waals surface area contributed by atoms with Crippen molar-refractivity contribution in [3.8, 4) is 5.75 Å². The number of fused-ring (bicyclic) bond motifs is 1. The summed E-state index contributed by atoms with van der Waals surface area (Å²) in [5.41, 5.74) is 3.44. The van der Waals surface area contributed by atoms with E-state index >= 15 is 0 Å². The third-order valence-corrected chi connectivity index (χ3v) is 4.44. The summed E-state index contributed by atoms with van der Waals surface area (Å²) in [5.74, 6) is 0.0892. The molecule has 0 fully saturated rings. The molecule has 0 aliphatic rings. The Hall–Kier alpha value is -3.87. The quantitative estimate of drug-likeness (QED) is 0.371. The van der Waals surface area contributed by atoms with Gasteiger partial charge in [0, 0.05) is 0 Å². The molecule has 0 saturated heterocycles. The number of benzene rings is 3. The van der Waals surface area contributed by atoms with Crippen LogP contribution < -0.4 is 4.68 Å². The molecular formula is C21H19N6O+. The van der Waals surface area contributed by atoms with E-state index in [1.165, 1.54) is 0 Å². The first-order chi connectivity index (χ1) is 13.6. The molecule has 1 N–H and O–H groups in total. The van der Waals surface area contributed by atoms with E-state index < -0.39 is 0 Å². The molecule has 28 heavy (non-hydrogen) atoms. The molecular weight excluding hydrogens is 352 g/mol. The lowest BCUT2D eigenvalue weighted by Crippen LogP contribution is -2.35. The molecule has 4 rings (SSSR count). The number of nitrogens with zero attached hydrogens (tertiary/aromatic N) is 6. The number of phenols is 1. The Morgan fingerprint density at radius 1 is 0.750 bits per heavy atom. The van der Waals surface area contributed by atoms with Gasteiger partial charge < -0.3 is 5.11 Å². The maximum Gasteiger partial charge on any atom is 0.203 e.